The first-order chi connectivity index (χ1) is 6.14. The van der Waals surface area contributed by atoms with Crippen LogP contribution in [0.1, 0.15) is 13.3 Å². The topological polar surface area (TPSA) is 104 Å². The van der Waals surface area contributed by atoms with Crippen molar-refractivity contribution in [3.63, 3.8) is 0 Å². The SMILES string of the molecule is CCC(=O)OC.O=PO.OCCO. The Morgan fingerprint density at radius 2 is 1.69 bits per heavy atom. The summed E-state index contributed by atoms with van der Waals surface area (Å²) >= 11 is 0. The van der Waals surface area contributed by atoms with E-state index >= 15 is 0 Å². The number of carbonyl (C=O) groups is 1. The van der Waals surface area contributed by atoms with E-state index in [0.717, 1.165) is 0 Å². The Morgan fingerprint density at radius 3 is 1.69 bits per heavy atom. The average molecular weight is 214 g/mol. The monoisotopic (exact) mass is 214 g/mol. The molecule has 0 aliphatic heterocycles. The lowest BCUT2D eigenvalue weighted by molar-refractivity contribution is -0.140. The molecule has 80 valence electrons. The standard InChI is InChI=1S/C4H8O2.C2H6O2.HO2P/c1-3-4(5)6-2;3-1-2-4;1-3-2/h3H2,1-2H3;3-4H,1-2H2;(H,1,2). The highest BCUT2D eigenvalue weighted by atomic mass is 31.1. The van der Waals surface area contributed by atoms with Crippen LogP contribution >= 0.6 is 8.69 Å². The van der Waals surface area contributed by atoms with Gasteiger partial charge in [0.2, 0.25) is 0 Å². The number of aliphatic hydroxyl groups is 2. The molecule has 0 aromatic heterocycles. The van der Waals surface area contributed by atoms with Gasteiger partial charge in [-0.05, 0) is 0 Å². The Bertz CT molecular complexity index is 99.3. The molecule has 0 rings (SSSR count). The lowest BCUT2D eigenvalue weighted by atomic mass is 10.5. The molecule has 0 aromatic carbocycles. The zero-order valence-electron chi connectivity index (χ0n) is 7.63. The fraction of sp³-hybridized carbons (Fsp3) is 0.833. The summed E-state index contributed by atoms with van der Waals surface area (Å²) in [7, 11) is 0.547. The predicted octanol–water partition coefficient (Wildman–Crippen LogP) is -0.274. The molecule has 0 fully saturated rings. The van der Waals surface area contributed by atoms with Gasteiger partial charge in [0, 0.05) is 6.42 Å². The second-order valence-corrected chi connectivity index (χ2v) is 1.62. The third kappa shape index (κ3) is 51.6. The molecule has 0 aromatic rings. The second kappa shape index (κ2) is 22.5. The van der Waals surface area contributed by atoms with Crippen molar-refractivity contribution in [2.75, 3.05) is 20.3 Å². The van der Waals surface area contributed by atoms with E-state index < -0.39 is 8.69 Å². The van der Waals surface area contributed by atoms with Gasteiger partial charge in [-0.2, -0.15) is 0 Å². The van der Waals surface area contributed by atoms with E-state index in [1.54, 1.807) is 6.92 Å². The lowest BCUT2D eigenvalue weighted by Crippen LogP contribution is -1.94. The highest BCUT2D eigenvalue weighted by Crippen LogP contribution is 1.76. The normalized spacial score (nSPS) is 7.46. The molecule has 0 aliphatic rings. The first-order valence-electron chi connectivity index (χ1n) is 3.39. The summed E-state index contributed by atoms with van der Waals surface area (Å²) in [5.41, 5.74) is 0. The molecule has 0 radical (unpaired) electrons. The quantitative estimate of drug-likeness (QED) is 0.431. The van der Waals surface area contributed by atoms with Crippen molar-refractivity contribution in [2.45, 2.75) is 13.3 Å². The Balaban J connectivity index is -0.000000125. The first kappa shape index (κ1) is 18.3. The Hall–Kier alpha value is -0.550. The number of ether oxygens (including phenoxy) is 1. The maximum absolute atomic E-state index is 9.96. The molecule has 0 aliphatic carbocycles. The van der Waals surface area contributed by atoms with Crippen LogP contribution in [-0.2, 0) is 14.1 Å². The molecule has 3 N–H and O–H groups in total. The second-order valence-electron chi connectivity index (χ2n) is 1.46. The summed E-state index contributed by atoms with van der Waals surface area (Å²) in [6, 6.07) is 0. The third-order valence-corrected chi connectivity index (χ3v) is 0.616. The Labute approximate surface area is 78.4 Å². The number of rotatable bonds is 2. The van der Waals surface area contributed by atoms with Gasteiger partial charge in [0.15, 0.2) is 0 Å². The van der Waals surface area contributed by atoms with Gasteiger partial charge in [-0.25, -0.2) is 4.57 Å². The zero-order valence-corrected chi connectivity index (χ0v) is 8.53. The van der Waals surface area contributed by atoms with Crippen molar-refractivity contribution in [1.82, 2.24) is 0 Å². The molecule has 0 saturated carbocycles. The van der Waals surface area contributed by atoms with Crippen molar-refractivity contribution in [1.29, 1.82) is 0 Å². The van der Waals surface area contributed by atoms with Crippen molar-refractivity contribution in [2.24, 2.45) is 0 Å². The van der Waals surface area contributed by atoms with Crippen molar-refractivity contribution >= 4 is 14.7 Å². The van der Waals surface area contributed by atoms with Gasteiger partial charge in [0.25, 0.3) is 0 Å². The lowest BCUT2D eigenvalue weighted by Gasteiger charge is -1.87. The van der Waals surface area contributed by atoms with Crippen molar-refractivity contribution in [3.8, 4) is 0 Å². The van der Waals surface area contributed by atoms with E-state index in [1.165, 1.54) is 7.11 Å². The van der Waals surface area contributed by atoms with Gasteiger partial charge in [-0.3, -0.25) is 4.79 Å². The van der Waals surface area contributed by atoms with Crippen LogP contribution in [0.15, 0.2) is 0 Å². The minimum absolute atomic E-state index is 0.125. The van der Waals surface area contributed by atoms with Gasteiger partial charge in [-0.1, -0.05) is 6.92 Å². The molecular formula is C6H15O6P. The molecule has 6 nitrogen and oxygen atoms in total. The van der Waals surface area contributed by atoms with Crippen molar-refractivity contribution in [3.05, 3.63) is 0 Å². The van der Waals surface area contributed by atoms with Crippen LogP contribution in [0.3, 0.4) is 0 Å². The van der Waals surface area contributed by atoms with Crippen LogP contribution in [0, 0.1) is 0 Å². The minimum atomic E-state index is -0.833. The molecule has 0 spiro atoms. The van der Waals surface area contributed by atoms with Gasteiger partial charge < -0.3 is 19.8 Å². The smallest absolute Gasteiger partial charge is 0.324 e. The molecule has 0 saturated heterocycles. The van der Waals surface area contributed by atoms with Crippen LogP contribution in [0.5, 0.6) is 0 Å². The van der Waals surface area contributed by atoms with Crippen LogP contribution < -0.4 is 0 Å². The predicted molar refractivity (Wildman–Crippen MR) is 46.3 cm³/mol. The maximum Gasteiger partial charge on any atom is 0.324 e. The number of carbonyl (C=O) groups excluding carboxylic acids is 1. The Morgan fingerprint density at radius 1 is 1.38 bits per heavy atom. The third-order valence-electron chi connectivity index (χ3n) is 0.616. The largest absolute Gasteiger partial charge is 0.469 e. The van der Waals surface area contributed by atoms with Gasteiger partial charge in [-0.15, -0.1) is 0 Å². The summed E-state index contributed by atoms with van der Waals surface area (Å²) in [6.07, 6.45) is 0.469. The van der Waals surface area contributed by atoms with Crippen molar-refractivity contribution < 1.29 is 29.2 Å². The van der Waals surface area contributed by atoms with Gasteiger partial charge in [0.1, 0.15) is 0 Å². The molecule has 0 heterocycles. The number of hydrogen-bond donors (Lipinski definition) is 3. The summed E-state index contributed by atoms with van der Waals surface area (Å²) in [5, 5.41) is 15.2. The van der Waals surface area contributed by atoms with Gasteiger partial charge in [0.05, 0.1) is 20.3 Å². The summed E-state index contributed by atoms with van der Waals surface area (Å²) in [5.74, 6) is -0.157. The number of aliphatic hydroxyl groups excluding tert-OH is 2. The highest BCUT2D eigenvalue weighted by molar-refractivity contribution is 7.16. The van der Waals surface area contributed by atoms with Crippen LogP contribution in [0.2, 0.25) is 0 Å². The van der Waals surface area contributed by atoms with E-state index in [-0.39, 0.29) is 19.2 Å². The van der Waals surface area contributed by atoms with E-state index in [9.17, 15) is 4.79 Å². The summed E-state index contributed by atoms with van der Waals surface area (Å²) in [6.45, 7) is 1.51. The molecule has 7 heteroatoms. The van der Waals surface area contributed by atoms with E-state index in [4.69, 9.17) is 19.7 Å². The number of hydrogen-bond acceptors (Lipinski definition) is 5. The zero-order chi connectivity index (χ0) is 11.1. The molecule has 0 unspecified atom stereocenters. The number of esters is 1. The number of methoxy groups -OCH3 is 1. The van der Waals surface area contributed by atoms with Crippen LogP contribution in [-0.4, -0.2) is 41.4 Å². The van der Waals surface area contributed by atoms with E-state index in [1.807, 2.05) is 0 Å². The minimum Gasteiger partial charge on any atom is -0.469 e. The van der Waals surface area contributed by atoms with E-state index in [0.29, 0.717) is 6.42 Å². The summed E-state index contributed by atoms with van der Waals surface area (Å²) < 4.78 is 12.7. The molecule has 0 atom stereocenters. The van der Waals surface area contributed by atoms with Crippen LogP contribution in [0.25, 0.3) is 0 Å². The molecule has 13 heavy (non-hydrogen) atoms. The molecule has 0 amide bonds. The summed E-state index contributed by atoms with van der Waals surface area (Å²) in [4.78, 5) is 16.9. The van der Waals surface area contributed by atoms with Crippen LogP contribution in [0.4, 0.5) is 0 Å². The fourth-order valence-corrected chi connectivity index (χ4v) is 0.144. The molecular weight excluding hydrogens is 199 g/mol. The first-order valence-corrected chi connectivity index (χ1v) is 4.16. The fourth-order valence-electron chi connectivity index (χ4n) is 0.144. The van der Waals surface area contributed by atoms with E-state index in [2.05, 4.69) is 4.74 Å². The Kier molecular flexibility index (Phi) is 31.7. The molecule has 0 bridgehead atoms. The van der Waals surface area contributed by atoms with Gasteiger partial charge >= 0.3 is 14.7 Å². The highest BCUT2D eigenvalue weighted by Gasteiger charge is 1.87. The average Bonchev–Trinajstić information content (AvgIpc) is 2.18. The maximum atomic E-state index is 9.96.